The fraction of sp³-hybridized carbons (Fsp3) is 0.114. The summed E-state index contributed by atoms with van der Waals surface area (Å²) >= 11 is 0. The second-order valence-electron chi connectivity index (χ2n) is 25.8. The Kier molecular flexibility index (Phi) is 9.93. The zero-order valence-corrected chi connectivity index (χ0v) is 55.9. The number of rotatable bonds is 11. The van der Waals surface area contributed by atoms with Gasteiger partial charge in [-0.3, -0.25) is 4.57 Å². The van der Waals surface area contributed by atoms with Crippen LogP contribution in [0.3, 0.4) is 0 Å². The largest absolute Gasteiger partial charge is 0.510 e. The van der Waals surface area contributed by atoms with E-state index in [1.54, 1.807) is 45.7 Å². The van der Waals surface area contributed by atoms with Gasteiger partial charge in [-0.25, -0.2) is 4.98 Å². The summed E-state index contributed by atoms with van der Waals surface area (Å²) in [6, 6.07) is 27.2. The number of para-hydroxylation sites is 2. The van der Waals surface area contributed by atoms with E-state index in [-0.39, 0.29) is 99.3 Å². The van der Waals surface area contributed by atoms with Crippen LogP contribution in [0.4, 0.5) is 0 Å². The molecule has 0 amide bonds. The Balaban J connectivity index is 0.0000106. The molecule has 0 unspecified atom stereocenters. The third kappa shape index (κ3) is 10.3. The molecule has 0 saturated heterocycles. The Labute approximate surface area is 608 Å². The van der Waals surface area contributed by atoms with Gasteiger partial charge in [-0.2, -0.15) is 18.2 Å². The van der Waals surface area contributed by atoms with Crippen LogP contribution in [0.25, 0.3) is 116 Å². The van der Waals surface area contributed by atoms with Gasteiger partial charge < -0.3 is 18.3 Å². The molecule has 0 saturated carbocycles. The maximum atomic E-state index is 10.4. The van der Waals surface area contributed by atoms with Crippen molar-refractivity contribution < 1.29 is 66.3 Å². The molecule has 0 bridgehead atoms. The molecular weight excluding hydrogens is 1370 g/mol. The molecule has 0 atom stereocenters. The molecular formula is C88H68N4O2PtSi-2. The van der Waals surface area contributed by atoms with Gasteiger partial charge in [-0.1, -0.05) is 252 Å². The summed E-state index contributed by atoms with van der Waals surface area (Å²) in [7, 11) is -5.60. The summed E-state index contributed by atoms with van der Waals surface area (Å²) < 4.78 is 239. The number of benzene rings is 12. The molecule has 4 aromatic heterocycles. The van der Waals surface area contributed by atoms with Crippen molar-refractivity contribution in [3.05, 3.63) is 314 Å². The first-order valence-electron chi connectivity index (χ1n) is 42.6. The third-order valence-electron chi connectivity index (χ3n) is 18.0. The van der Waals surface area contributed by atoms with Crippen molar-refractivity contribution >= 4 is 78.4 Å². The Morgan fingerprint density at radius 3 is 1.77 bits per heavy atom. The Morgan fingerprint density at radius 1 is 0.500 bits per heavy atom. The summed E-state index contributed by atoms with van der Waals surface area (Å²) in [5.74, 6) is 1.04. The topological polar surface area (TPSA) is 49.0 Å². The van der Waals surface area contributed by atoms with E-state index in [4.69, 9.17) is 18.3 Å². The Morgan fingerprint density at radius 2 is 1.09 bits per heavy atom. The number of hydrogen-bond acceptors (Lipinski definition) is 3. The zero-order chi connectivity index (χ0) is 84.2. The molecule has 0 N–H and O–H groups in total. The molecule has 0 aliphatic carbocycles. The van der Waals surface area contributed by atoms with Gasteiger partial charge in [0.25, 0.3) is 6.33 Å². The van der Waals surface area contributed by atoms with Gasteiger partial charge in [-0.05, 0) is 148 Å². The molecule has 1 aliphatic heterocycles. The van der Waals surface area contributed by atoms with Gasteiger partial charge in [-0.15, -0.1) is 29.7 Å². The van der Waals surface area contributed by atoms with E-state index in [1.807, 2.05) is 122 Å². The minimum absolute atomic E-state index is 0. The number of aromatic nitrogens is 4. The number of fused-ring (bicyclic) bond motifs is 13. The first-order chi connectivity index (χ1) is 55.9. The van der Waals surface area contributed by atoms with E-state index >= 15 is 0 Å². The number of ether oxygens (including phenoxy) is 1. The van der Waals surface area contributed by atoms with E-state index in [0.717, 1.165) is 27.2 Å². The average molecular weight is 1460 g/mol. The van der Waals surface area contributed by atoms with Crippen molar-refractivity contribution in [1.29, 1.82) is 0 Å². The monoisotopic (exact) mass is 1460 g/mol. The van der Waals surface area contributed by atoms with Crippen LogP contribution in [0.15, 0.2) is 283 Å². The van der Waals surface area contributed by atoms with Crippen LogP contribution in [0, 0.1) is 18.5 Å². The number of furan rings is 1. The van der Waals surface area contributed by atoms with Gasteiger partial charge >= 0.3 is 0 Å². The predicted octanol–water partition coefficient (Wildman–Crippen LogP) is 19.8. The van der Waals surface area contributed by atoms with Crippen LogP contribution < -0.4 is 24.9 Å². The average Bonchev–Trinajstić information content (AvgIpc) is 0.858. The number of hydrogen-bond donors (Lipinski definition) is 0. The van der Waals surface area contributed by atoms with Crippen LogP contribution in [-0.2, 0) is 38.3 Å². The molecule has 1 aliphatic rings. The van der Waals surface area contributed by atoms with Crippen molar-refractivity contribution in [3.63, 3.8) is 0 Å². The van der Waals surface area contributed by atoms with Crippen LogP contribution in [0.1, 0.15) is 89.8 Å². The Bertz CT molecular complexity index is 6890. The molecule has 0 spiro atoms. The fourth-order valence-corrected chi connectivity index (χ4v) is 17.2. The van der Waals surface area contributed by atoms with Gasteiger partial charge in [0.05, 0.1) is 48.2 Å². The molecule has 96 heavy (non-hydrogen) atoms. The van der Waals surface area contributed by atoms with Crippen molar-refractivity contribution in [2.24, 2.45) is 0 Å². The third-order valence-corrected chi connectivity index (χ3v) is 22.4. The summed E-state index contributed by atoms with van der Waals surface area (Å²) in [5, 5.41) is 1.18. The summed E-state index contributed by atoms with van der Waals surface area (Å²) in [5.41, 5.74) is 4.06. The van der Waals surface area contributed by atoms with Gasteiger partial charge in [0.2, 0.25) is 0 Å². The van der Waals surface area contributed by atoms with Gasteiger partial charge in [0.1, 0.15) is 25.1 Å². The van der Waals surface area contributed by atoms with Crippen molar-refractivity contribution in [2.45, 2.75) is 64.8 Å². The molecule has 468 valence electrons. The summed E-state index contributed by atoms with van der Waals surface area (Å²) in [4.78, 5) is 4.87. The maximum Gasteiger partial charge on any atom is 0.268 e. The summed E-state index contributed by atoms with van der Waals surface area (Å²) in [6.07, 6.45) is 4.90. The van der Waals surface area contributed by atoms with E-state index in [2.05, 4.69) is 39.2 Å². The Hall–Kier alpha value is -10.4. The first-order valence-corrected chi connectivity index (χ1v) is 33.3. The number of aryl methyl sites for hydroxylation is 1. The van der Waals surface area contributed by atoms with E-state index in [1.165, 1.54) is 6.07 Å². The first kappa shape index (κ1) is 40.1. The van der Waals surface area contributed by atoms with E-state index in [9.17, 15) is 27.4 Å². The second kappa shape index (κ2) is 23.8. The zero-order valence-electron chi connectivity index (χ0n) is 75.6. The van der Waals surface area contributed by atoms with Crippen molar-refractivity contribution in [3.8, 4) is 73.2 Å². The number of imidazole rings is 1. The molecule has 0 fully saturated rings. The molecule has 16 aromatic rings. The predicted molar refractivity (Wildman–Crippen MR) is 392 cm³/mol. The molecule has 8 heteroatoms. The minimum atomic E-state index is -5.60. The summed E-state index contributed by atoms with van der Waals surface area (Å²) in [6.45, 7) is 12.3. The molecule has 17 rings (SSSR count). The maximum absolute atomic E-state index is 10.4. The normalized spacial score (nSPS) is 15.6. The molecule has 5 heterocycles. The smallest absolute Gasteiger partial charge is 0.268 e. The van der Waals surface area contributed by atoms with Crippen LogP contribution in [0.2, 0.25) is 6.04 Å². The standard InChI is InChI=1S/C88H68N4O2Si.Pt/c1-87(2,3)60-45-47-89-84(54-60)92-79-39-22-20-37-72(79)73-43-42-64(56-80(73)92)93-63-26-24-25-62(55-63)90-57-91-85-75(59-41-44-83-76(51-59)74-38-21-23-40-82(74)94-83)52-61(88(4,5)6)53-78(85)71-36-19-17-34-69(71)68-33-16-18-35-70(68)77-49-58(50-81(90)86(77)91)46-48-95(65-27-10-7-11-28-65,66-29-12-8-13-30-66)67-31-14-9-15-32-67;/h7-45,47,49-54H,46,48H2,1-6H3;/q-2;/i7D,8D,9D,10D,11D,12D,13D,14D,15D,16D,17D,18D,19D,27D,28D,29D,30D,31D,32D,33D,34D,35D,36D;. The van der Waals surface area contributed by atoms with Gasteiger partial charge in [0, 0.05) is 55.1 Å². The van der Waals surface area contributed by atoms with E-state index < -0.39 is 180 Å². The molecule has 12 aromatic carbocycles. The van der Waals surface area contributed by atoms with E-state index in [0.29, 0.717) is 44.6 Å². The van der Waals surface area contributed by atoms with Crippen LogP contribution in [0.5, 0.6) is 11.5 Å². The van der Waals surface area contributed by atoms with Crippen LogP contribution >= 0.6 is 0 Å². The number of pyridine rings is 1. The van der Waals surface area contributed by atoms with Crippen molar-refractivity contribution in [1.82, 2.24) is 14.1 Å². The van der Waals surface area contributed by atoms with Gasteiger partial charge in [0.15, 0.2) is 0 Å². The number of nitrogens with zero attached hydrogens (tertiary/aromatic N) is 4. The second-order valence-corrected chi connectivity index (χ2v) is 29.6. The fourth-order valence-electron chi connectivity index (χ4n) is 13.4. The van der Waals surface area contributed by atoms with Crippen LogP contribution in [-0.4, -0.2) is 22.2 Å². The van der Waals surface area contributed by atoms with Crippen molar-refractivity contribution in [2.75, 3.05) is 0 Å². The molecule has 6 nitrogen and oxygen atoms in total. The SMILES string of the molecule is [2H]c1c([2H])c([2H])c([Si](CCc2cc3c4c(c2)n(-c2[c-]c(Oc5[c-]c6c(cc5)c5ccccc5n6-c5cc(C(C)(C)C)ccn5)ccc2)[c-][n+]4-c2c(-c4ccc5oc6ccccc6c5c4)cc(C(C)(C)C)cc2-c2c([2H])c([2H])c([2H])c([2H])c2-c2c([2H])c([2H])c([2H])c([2H])c2-3)(c2c([2H])c([2H])c([2H])c([2H])c2[2H])c2c([2H])c([2H])c([2H])c([2H])c2[2H])c([2H])c1[2H].[Pt]. The quantitative estimate of drug-likeness (QED) is 0.0561. The minimum Gasteiger partial charge on any atom is -0.510 e. The molecule has 0 radical (unpaired) electrons.